The molecule has 1 N–H and O–H groups in total. The smallest absolute Gasteiger partial charge is 0.462 e. The summed E-state index contributed by atoms with van der Waals surface area (Å²) in [6.07, 6.45) is 87.4. The van der Waals surface area contributed by atoms with Crippen LogP contribution in [-0.2, 0) is 32.7 Å². The Kier molecular flexibility index (Phi) is 62.9. The minimum Gasteiger partial charge on any atom is -0.462 e. The van der Waals surface area contributed by atoms with Gasteiger partial charge in [-0.3, -0.25) is 18.6 Å². The van der Waals surface area contributed by atoms with Crippen LogP contribution in [0.25, 0.3) is 0 Å². The molecule has 0 aromatic rings. The second-order valence-corrected chi connectivity index (χ2v) is 26.7. The number of allylic oxidation sites excluding steroid dienone is 12. The van der Waals surface area contributed by atoms with Gasteiger partial charge in [-0.15, -0.1) is 0 Å². The number of phosphoric ester groups is 1. The zero-order valence-electron chi connectivity index (χ0n) is 55.9. The molecule has 2 atom stereocenters. The van der Waals surface area contributed by atoms with Crippen molar-refractivity contribution in [1.82, 2.24) is 0 Å². The van der Waals surface area contributed by atoms with Crippen LogP contribution in [0.1, 0.15) is 335 Å². The van der Waals surface area contributed by atoms with Gasteiger partial charge in [0, 0.05) is 12.8 Å². The van der Waals surface area contributed by atoms with E-state index in [1.54, 1.807) is 0 Å². The Labute approximate surface area is 520 Å². The predicted molar refractivity (Wildman–Crippen MR) is 363 cm³/mol. The molecule has 0 saturated carbocycles. The molecular weight excluding hydrogens is 1060 g/mol. The van der Waals surface area contributed by atoms with Gasteiger partial charge in [-0.05, 0) is 83.5 Å². The lowest BCUT2D eigenvalue weighted by molar-refractivity contribution is -0.870. The van der Waals surface area contributed by atoms with Crippen LogP contribution < -0.4 is 0 Å². The van der Waals surface area contributed by atoms with E-state index < -0.39 is 26.5 Å². The lowest BCUT2D eigenvalue weighted by Gasteiger charge is -2.24. The topological polar surface area (TPSA) is 108 Å². The number of unbranched alkanes of at least 4 members (excludes halogenated alkanes) is 40. The molecule has 84 heavy (non-hydrogen) atoms. The molecule has 10 heteroatoms. The maximum absolute atomic E-state index is 12.9. The van der Waals surface area contributed by atoms with Crippen molar-refractivity contribution in [3.05, 3.63) is 72.9 Å². The van der Waals surface area contributed by atoms with Gasteiger partial charge >= 0.3 is 19.8 Å². The highest BCUT2D eigenvalue weighted by molar-refractivity contribution is 7.47. The lowest BCUT2D eigenvalue weighted by Crippen LogP contribution is -2.37. The predicted octanol–water partition coefficient (Wildman–Crippen LogP) is 23.2. The monoisotopic (exact) mass is 1200 g/mol. The maximum Gasteiger partial charge on any atom is 0.472 e. The Morgan fingerprint density at radius 2 is 0.679 bits per heavy atom. The molecule has 0 amide bonds. The van der Waals surface area contributed by atoms with Crippen LogP contribution in [0, 0.1) is 0 Å². The van der Waals surface area contributed by atoms with Crippen molar-refractivity contribution >= 4 is 19.8 Å². The zero-order valence-corrected chi connectivity index (χ0v) is 56.8. The van der Waals surface area contributed by atoms with E-state index in [0.29, 0.717) is 17.4 Å². The van der Waals surface area contributed by atoms with E-state index in [4.69, 9.17) is 18.5 Å². The van der Waals surface area contributed by atoms with Crippen LogP contribution in [0.3, 0.4) is 0 Å². The number of esters is 2. The van der Waals surface area contributed by atoms with Crippen molar-refractivity contribution in [3.63, 3.8) is 0 Å². The highest BCUT2D eigenvalue weighted by atomic mass is 31.2. The molecule has 0 aliphatic heterocycles. The summed E-state index contributed by atoms with van der Waals surface area (Å²) in [6, 6.07) is 0. The summed E-state index contributed by atoms with van der Waals surface area (Å²) in [4.78, 5) is 35.9. The number of carbonyl (C=O) groups is 2. The van der Waals surface area contributed by atoms with E-state index in [0.717, 1.165) is 77.0 Å². The van der Waals surface area contributed by atoms with Crippen LogP contribution in [0.15, 0.2) is 72.9 Å². The molecule has 2 unspecified atom stereocenters. The molecule has 0 aliphatic rings. The molecule has 0 radical (unpaired) electrons. The van der Waals surface area contributed by atoms with Crippen molar-refractivity contribution in [2.75, 3.05) is 47.5 Å². The Morgan fingerprint density at radius 3 is 1.01 bits per heavy atom. The Bertz CT molecular complexity index is 1650. The molecule has 9 nitrogen and oxygen atoms in total. The van der Waals surface area contributed by atoms with Gasteiger partial charge in [-0.2, -0.15) is 0 Å². The van der Waals surface area contributed by atoms with Gasteiger partial charge in [0.05, 0.1) is 27.7 Å². The third kappa shape index (κ3) is 68.6. The summed E-state index contributed by atoms with van der Waals surface area (Å²) in [5.41, 5.74) is 0. The van der Waals surface area contributed by atoms with Crippen LogP contribution in [-0.4, -0.2) is 74.9 Å². The number of rotatable bonds is 66. The maximum atomic E-state index is 12.9. The van der Waals surface area contributed by atoms with Crippen molar-refractivity contribution in [3.8, 4) is 0 Å². The molecule has 0 aromatic heterocycles. The first-order chi connectivity index (χ1) is 41.0. The van der Waals surface area contributed by atoms with Crippen LogP contribution in [0.5, 0.6) is 0 Å². The van der Waals surface area contributed by atoms with E-state index >= 15 is 0 Å². The molecule has 0 rings (SSSR count). The van der Waals surface area contributed by atoms with Crippen molar-refractivity contribution in [2.24, 2.45) is 0 Å². The Balaban J connectivity index is 3.95. The first-order valence-electron chi connectivity index (χ1n) is 35.7. The minimum atomic E-state index is -4.39. The van der Waals surface area contributed by atoms with E-state index in [2.05, 4.69) is 86.8 Å². The number of ether oxygens (including phenoxy) is 2. The third-order valence-corrected chi connectivity index (χ3v) is 16.7. The standard InChI is InChI=1S/C74H136NO8P/c1-6-8-10-12-14-16-18-20-22-24-26-28-30-31-32-33-34-35-36-37-38-39-40-41-42-43-45-46-48-50-52-54-56-58-60-62-64-66-73(76)80-70-72(71-82-84(78,79)81-69-68-75(3,4)5)83-74(77)67-65-63-61-59-57-55-53-51-49-47-44-29-27-25-23-21-19-17-15-13-11-9-7-2/h9,11,15,17-18,20-21,23-24,26-27,29,72H,6-8,10,12-14,16,19,22,25,28,30-71H2,1-5H3/p+1/b11-9-,17-15-,20-18-,23-21-,26-24-,29-27-. The number of likely N-dealkylation sites (N-methyl/N-ethyl adjacent to an activating group) is 1. The Morgan fingerprint density at radius 1 is 0.381 bits per heavy atom. The second-order valence-electron chi connectivity index (χ2n) is 25.2. The molecule has 0 bridgehead atoms. The SMILES string of the molecule is CC/C=C\C/C=C\C/C=C\C/C=C\CCCCCCCCCCCCC(=O)OC(COC(=O)CCCCCCCCCCCCCCCCCCCCCCCCCCC/C=C\C/C=C\CCCCCCC)COP(=O)(O)OCC[N+](C)(C)C. The number of carbonyl (C=O) groups excluding carboxylic acids is 2. The van der Waals surface area contributed by atoms with Gasteiger partial charge < -0.3 is 18.9 Å². The molecular formula is C74H137NO8P+. The fourth-order valence-electron chi connectivity index (χ4n) is 10.3. The second kappa shape index (κ2) is 64.9. The number of phosphoric acid groups is 1. The molecule has 0 spiro atoms. The van der Waals surface area contributed by atoms with Gasteiger partial charge in [0.25, 0.3) is 0 Å². The number of quaternary nitrogens is 1. The molecule has 0 heterocycles. The van der Waals surface area contributed by atoms with E-state index in [-0.39, 0.29) is 32.0 Å². The van der Waals surface area contributed by atoms with Gasteiger partial charge in [-0.25, -0.2) is 4.57 Å². The van der Waals surface area contributed by atoms with Gasteiger partial charge in [0.15, 0.2) is 6.10 Å². The molecule has 0 saturated heterocycles. The summed E-state index contributed by atoms with van der Waals surface area (Å²) in [7, 11) is 1.48. The largest absolute Gasteiger partial charge is 0.472 e. The lowest BCUT2D eigenvalue weighted by atomic mass is 10.0. The zero-order chi connectivity index (χ0) is 61.2. The number of nitrogens with zero attached hydrogens (tertiary/aromatic N) is 1. The molecule has 0 fully saturated rings. The summed E-state index contributed by atoms with van der Waals surface area (Å²) in [5.74, 6) is -0.790. The van der Waals surface area contributed by atoms with Gasteiger partial charge in [0.2, 0.25) is 0 Å². The molecule has 490 valence electrons. The van der Waals surface area contributed by atoms with E-state index in [1.807, 2.05) is 21.1 Å². The fourth-order valence-corrected chi connectivity index (χ4v) is 11.0. The van der Waals surface area contributed by atoms with Gasteiger partial charge in [0.1, 0.15) is 19.8 Å². The first-order valence-corrected chi connectivity index (χ1v) is 37.2. The summed E-state index contributed by atoms with van der Waals surface area (Å²) in [5, 5.41) is 0. The molecule has 0 aliphatic carbocycles. The average Bonchev–Trinajstić information content (AvgIpc) is 3.61. The number of hydrogen-bond acceptors (Lipinski definition) is 7. The van der Waals surface area contributed by atoms with Crippen molar-refractivity contribution in [1.29, 1.82) is 0 Å². The van der Waals surface area contributed by atoms with Crippen LogP contribution >= 0.6 is 7.82 Å². The first kappa shape index (κ1) is 81.5. The van der Waals surface area contributed by atoms with E-state index in [9.17, 15) is 19.0 Å². The average molecular weight is 1200 g/mol. The summed E-state index contributed by atoms with van der Waals surface area (Å²) in [6.45, 7) is 4.35. The van der Waals surface area contributed by atoms with Crippen LogP contribution in [0.2, 0.25) is 0 Å². The number of hydrogen-bond donors (Lipinski definition) is 1. The summed E-state index contributed by atoms with van der Waals surface area (Å²) < 4.78 is 34.7. The van der Waals surface area contributed by atoms with E-state index in [1.165, 1.54) is 225 Å². The molecule has 0 aromatic carbocycles. The summed E-state index contributed by atoms with van der Waals surface area (Å²) >= 11 is 0. The fraction of sp³-hybridized carbons (Fsp3) is 0.811. The van der Waals surface area contributed by atoms with Crippen molar-refractivity contribution < 1.29 is 42.1 Å². The van der Waals surface area contributed by atoms with Gasteiger partial charge in [-0.1, -0.05) is 311 Å². The Hall–Kier alpha value is -2.55. The minimum absolute atomic E-state index is 0.0302. The van der Waals surface area contributed by atoms with Crippen LogP contribution in [0.4, 0.5) is 0 Å². The quantitative estimate of drug-likeness (QED) is 0.0211. The highest BCUT2D eigenvalue weighted by Crippen LogP contribution is 2.43. The normalized spacial score (nSPS) is 13.5. The third-order valence-electron chi connectivity index (χ3n) is 15.7. The highest BCUT2D eigenvalue weighted by Gasteiger charge is 2.27. The van der Waals surface area contributed by atoms with Crippen molar-refractivity contribution in [2.45, 2.75) is 341 Å².